The van der Waals surface area contributed by atoms with E-state index in [4.69, 9.17) is 11.6 Å². The molecule has 0 atom stereocenters. The van der Waals surface area contributed by atoms with E-state index in [-0.39, 0.29) is 13.2 Å². The van der Waals surface area contributed by atoms with E-state index in [9.17, 15) is 10.2 Å². The first-order chi connectivity index (χ1) is 8.09. The number of aromatic nitrogens is 2. The molecule has 7 heteroatoms. The number of nitrogens with zero attached hydrogens (tertiary/aromatic N) is 2. The third-order valence-electron chi connectivity index (χ3n) is 2.53. The van der Waals surface area contributed by atoms with Gasteiger partial charge in [0.05, 0.1) is 18.8 Å². The zero-order valence-electron chi connectivity index (χ0n) is 9.77. The summed E-state index contributed by atoms with van der Waals surface area (Å²) < 4.78 is 0. The molecule has 0 unspecified atom stereocenters. The molecule has 5 nitrogen and oxygen atoms in total. The third-order valence-corrected chi connectivity index (χ3v) is 3.27. The molecular formula is C10H16ClN3O2S. The van der Waals surface area contributed by atoms with Crippen molar-refractivity contribution in [2.75, 3.05) is 24.8 Å². The van der Waals surface area contributed by atoms with E-state index >= 15 is 0 Å². The Morgan fingerprint density at radius 1 is 1.41 bits per heavy atom. The number of rotatable bonds is 6. The topological polar surface area (TPSA) is 78.3 Å². The number of thioether (sulfide) groups is 1. The summed E-state index contributed by atoms with van der Waals surface area (Å²) in [5.41, 5.74) is -0.784. The van der Waals surface area contributed by atoms with Gasteiger partial charge in [0.15, 0.2) is 5.16 Å². The number of aliphatic hydroxyl groups is 2. The van der Waals surface area contributed by atoms with Gasteiger partial charge in [0, 0.05) is 6.07 Å². The van der Waals surface area contributed by atoms with Gasteiger partial charge in [-0.05, 0) is 12.7 Å². The van der Waals surface area contributed by atoms with Crippen LogP contribution in [0.25, 0.3) is 0 Å². The SMILES string of the molecule is CCC(CO)(CO)Nc1cc(Cl)nc(SC)n1. The van der Waals surface area contributed by atoms with Gasteiger partial charge < -0.3 is 15.5 Å². The monoisotopic (exact) mass is 277 g/mol. The average Bonchev–Trinajstić information content (AvgIpc) is 2.35. The zero-order valence-corrected chi connectivity index (χ0v) is 11.3. The molecule has 0 radical (unpaired) electrons. The van der Waals surface area contributed by atoms with Gasteiger partial charge in [0.25, 0.3) is 0 Å². The van der Waals surface area contributed by atoms with Gasteiger partial charge >= 0.3 is 0 Å². The highest BCUT2D eigenvalue weighted by molar-refractivity contribution is 7.98. The maximum atomic E-state index is 9.33. The van der Waals surface area contributed by atoms with Crippen LogP contribution < -0.4 is 5.32 Å². The Balaban J connectivity index is 2.96. The van der Waals surface area contributed by atoms with Crippen molar-refractivity contribution in [1.82, 2.24) is 9.97 Å². The summed E-state index contributed by atoms with van der Waals surface area (Å²) in [6.45, 7) is 1.50. The molecule has 1 aromatic heterocycles. The van der Waals surface area contributed by atoms with Crippen molar-refractivity contribution in [2.45, 2.75) is 24.0 Å². The highest BCUT2D eigenvalue weighted by atomic mass is 35.5. The van der Waals surface area contributed by atoms with Crippen LogP contribution in [0.2, 0.25) is 5.15 Å². The highest BCUT2D eigenvalue weighted by Crippen LogP contribution is 2.21. The lowest BCUT2D eigenvalue weighted by Crippen LogP contribution is -2.45. The second kappa shape index (κ2) is 6.39. The number of aliphatic hydroxyl groups excluding tert-OH is 2. The van der Waals surface area contributed by atoms with Crippen LogP contribution in [-0.2, 0) is 0 Å². The smallest absolute Gasteiger partial charge is 0.190 e. The van der Waals surface area contributed by atoms with Crippen LogP contribution in [0.4, 0.5) is 5.82 Å². The summed E-state index contributed by atoms with van der Waals surface area (Å²) in [5.74, 6) is 0.499. The van der Waals surface area contributed by atoms with Crippen molar-refractivity contribution in [3.63, 3.8) is 0 Å². The number of hydrogen-bond donors (Lipinski definition) is 3. The highest BCUT2D eigenvalue weighted by Gasteiger charge is 2.27. The van der Waals surface area contributed by atoms with E-state index in [0.29, 0.717) is 22.5 Å². The molecule has 1 rings (SSSR count). The fraction of sp³-hybridized carbons (Fsp3) is 0.600. The van der Waals surface area contributed by atoms with Crippen LogP contribution in [0.3, 0.4) is 0 Å². The standard InChI is InChI=1S/C10H16ClN3O2S/c1-3-10(5-15,6-16)14-8-4-7(11)12-9(13-8)17-2/h4,15-16H,3,5-6H2,1-2H3,(H,12,13,14). The molecule has 0 aliphatic rings. The molecule has 1 heterocycles. The summed E-state index contributed by atoms with van der Waals surface area (Å²) in [6, 6.07) is 1.57. The lowest BCUT2D eigenvalue weighted by atomic mass is 9.98. The predicted octanol–water partition coefficient (Wildman–Crippen LogP) is 1.40. The fourth-order valence-electron chi connectivity index (χ4n) is 1.26. The molecule has 3 N–H and O–H groups in total. The molecule has 17 heavy (non-hydrogen) atoms. The van der Waals surface area contributed by atoms with Crippen LogP contribution in [0.15, 0.2) is 11.2 Å². The molecule has 0 aliphatic heterocycles. The first-order valence-corrected chi connectivity index (χ1v) is 6.78. The molecule has 96 valence electrons. The molecule has 0 aromatic carbocycles. The summed E-state index contributed by atoms with van der Waals surface area (Å²) in [6.07, 6.45) is 2.41. The number of anilines is 1. The Labute approximate surface area is 110 Å². The largest absolute Gasteiger partial charge is 0.394 e. The van der Waals surface area contributed by atoms with Gasteiger partial charge in [-0.1, -0.05) is 30.3 Å². The summed E-state index contributed by atoms with van der Waals surface area (Å²) in [4.78, 5) is 8.23. The van der Waals surface area contributed by atoms with Crippen molar-refractivity contribution in [3.8, 4) is 0 Å². The molecule has 0 amide bonds. The number of halogens is 1. The number of hydrogen-bond acceptors (Lipinski definition) is 6. The van der Waals surface area contributed by atoms with E-state index in [1.807, 2.05) is 13.2 Å². The molecule has 0 fully saturated rings. The first kappa shape index (κ1) is 14.5. The van der Waals surface area contributed by atoms with Gasteiger partial charge in [-0.3, -0.25) is 0 Å². The van der Waals surface area contributed by atoms with E-state index in [1.165, 1.54) is 11.8 Å². The fourth-order valence-corrected chi connectivity index (χ4v) is 1.88. The first-order valence-electron chi connectivity index (χ1n) is 5.17. The van der Waals surface area contributed by atoms with Crippen molar-refractivity contribution >= 4 is 29.2 Å². The van der Waals surface area contributed by atoms with Crippen molar-refractivity contribution in [2.24, 2.45) is 0 Å². The van der Waals surface area contributed by atoms with E-state index < -0.39 is 5.54 Å². The third kappa shape index (κ3) is 3.70. The van der Waals surface area contributed by atoms with Gasteiger partial charge in [-0.25, -0.2) is 9.97 Å². The minimum absolute atomic E-state index is 0.184. The molecule has 0 saturated heterocycles. The Hall–Kier alpha value is -0.560. The number of nitrogens with one attached hydrogen (secondary N) is 1. The summed E-state index contributed by atoms with van der Waals surface area (Å²) in [5, 5.41) is 22.5. The van der Waals surface area contributed by atoms with Crippen LogP contribution in [0.5, 0.6) is 0 Å². The minimum Gasteiger partial charge on any atom is -0.394 e. The van der Waals surface area contributed by atoms with E-state index in [0.717, 1.165) is 0 Å². The normalized spacial score (nSPS) is 11.6. The van der Waals surface area contributed by atoms with Crippen molar-refractivity contribution in [1.29, 1.82) is 0 Å². The van der Waals surface area contributed by atoms with E-state index in [2.05, 4.69) is 15.3 Å². The van der Waals surface area contributed by atoms with Crippen LogP contribution in [0.1, 0.15) is 13.3 Å². The van der Waals surface area contributed by atoms with Crippen LogP contribution in [0, 0.1) is 0 Å². The second-order valence-corrected chi connectivity index (χ2v) is 4.80. The summed E-state index contributed by atoms with van der Waals surface area (Å²) >= 11 is 7.23. The van der Waals surface area contributed by atoms with Gasteiger partial charge in [-0.15, -0.1) is 0 Å². The molecule has 0 aliphatic carbocycles. The Kier molecular flexibility index (Phi) is 5.45. The lowest BCUT2D eigenvalue weighted by Gasteiger charge is -2.30. The lowest BCUT2D eigenvalue weighted by molar-refractivity contribution is 0.132. The van der Waals surface area contributed by atoms with Crippen molar-refractivity contribution < 1.29 is 10.2 Å². The molecule has 0 spiro atoms. The molecule has 0 bridgehead atoms. The van der Waals surface area contributed by atoms with Gasteiger partial charge in [-0.2, -0.15) is 0 Å². The maximum absolute atomic E-state index is 9.33. The van der Waals surface area contributed by atoms with Crippen molar-refractivity contribution in [3.05, 3.63) is 11.2 Å². The van der Waals surface area contributed by atoms with Crippen LogP contribution in [-0.4, -0.2) is 45.2 Å². The second-order valence-electron chi connectivity index (χ2n) is 3.64. The summed E-state index contributed by atoms with van der Waals surface area (Å²) in [7, 11) is 0. The Morgan fingerprint density at radius 3 is 2.53 bits per heavy atom. The molecule has 0 saturated carbocycles. The van der Waals surface area contributed by atoms with Crippen LogP contribution >= 0.6 is 23.4 Å². The Bertz CT molecular complexity index is 366. The maximum Gasteiger partial charge on any atom is 0.190 e. The Morgan fingerprint density at radius 2 is 2.06 bits per heavy atom. The van der Waals surface area contributed by atoms with Gasteiger partial charge in [0.1, 0.15) is 11.0 Å². The predicted molar refractivity (Wildman–Crippen MR) is 69.6 cm³/mol. The minimum atomic E-state index is -0.784. The van der Waals surface area contributed by atoms with E-state index in [1.54, 1.807) is 6.07 Å². The zero-order chi connectivity index (χ0) is 12.9. The molecule has 1 aromatic rings. The van der Waals surface area contributed by atoms with Gasteiger partial charge in [0.2, 0.25) is 0 Å². The quantitative estimate of drug-likeness (QED) is 0.414. The average molecular weight is 278 g/mol. The molecular weight excluding hydrogens is 262 g/mol.